The number of thiophene rings is 1. The summed E-state index contributed by atoms with van der Waals surface area (Å²) in [5, 5.41) is 15.3. The molecule has 0 saturated heterocycles. The van der Waals surface area contributed by atoms with Gasteiger partial charge < -0.3 is 5.73 Å². The third-order valence-corrected chi connectivity index (χ3v) is 4.06. The molecule has 0 radical (unpaired) electrons. The van der Waals surface area contributed by atoms with Crippen molar-refractivity contribution in [3.8, 4) is 21.8 Å². The molecule has 0 aliphatic rings. The lowest BCUT2D eigenvalue weighted by Crippen LogP contribution is -1.98. The molecule has 106 valence electrons. The summed E-state index contributed by atoms with van der Waals surface area (Å²) >= 11 is 1.07. The van der Waals surface area contributed by atoms with E-state index in [9.17, 15) is 10.1 Å². The zero-order valence-corrected chi connectivity index (χ0v) is 11.9. The second kappa shape index (κ2) is 4.98. The minimum atomic E-state index is -0.416. The first-order valence-corrected chi connectivity index (χ1v) is 6.88. The van der Waals surface area contributed by atoms with Gasteiger partial charge in [0.05, 0.1) is 21.1 Å². The molecule has 3 heterocycles. The highest BCUT2D eigenvalue weighted by Crippen LogP contribution is 2.39. The number of hydrogen-bond acceptors (Lipinski definition) is 6. The molecular formula is C13H11N5O2S. The Bertz CT molecular complexity index is 809. The Balaban J connectivity index is 2.19. The highest BCUT2D eigenvalue weighted by Gasteiger charge is 2.21. The lowest BCUT2D eigenvalue weighted by Gasteiger charge is -2.01. The quantitative estimate of drug-likeness (QED) is 0.592. The first kappa shape index (κ1) is 13.3. The Kier molecular flexibility index (Phi) is 3.15. The van der Waals surface area contributed by atoms with Crippen LogP contribution in [0.4, 0.5) is 10.8 Å². The first-order valence-electron chi connectivity index (χ1n) is 6.06. The lowest BCUT2D eigenvalue weighted by atomic mass is 10.1. The van der Waals surface area contributed by atoms with E-state index in [1.54, 1.807) is 24.0 Å². The Hall–Kier alpha value is -2.74. The molecule has 0 fully saturated rings. The summed E-state index contributed by atoms with van der Waals surface area (Å²) in [7, 11) is 1.73. The van der Waals surface area contributed by atoms with E-state index in [0.29, 0.717) is 27.6 Å². The van der Waals surface area contributed by atoms with Crippen molar-refractivity contribution >= 4 is 22.2 Å². The number of aromatic nitrogens is 3. The summed E-state index contributed by atoms with van der Waals surface area (Å²) in [5.41, 5.74) is 8.05. The van der Waals surface area contributed by atoms with Gasteiger partial charge in [-0.25, -0.2) is 0 Å². The molecule has 8 heteroatoms. The lowest BCUT2D eigenvalue weighted by molar-refractivity contribution is -0.380. The van der Waals surface area contributed by atoms with Crippen molar-refractivity contribution in [2.24, 2.45) is 7.05 Å². The largest absolute Gasteiger partial charge is 0.383 e. The third-order valence-electron chi connectivity index (χ3n) is 3.02. The van der Waals surface area contributed by atoms with E-state index >= 15 is 0 Å². The summed E-state index contributed by atoms with van der Waals surface area (Å²) in [5.74, 6) is 0.472. The molecule has 0 bridgehead atoms. The molecular weight excluding hydrogens is 290 g/mol. The topological polar surface area (TPSA) is 99.9 Å². The summed E-state index contributed by atoms with van der Waals surface area (Å²) in [6, 6.07) is 8.64. The summed E-state index contributed by atoms with van der Waals surface area (Å²) in [6.45, 7) is 0. The minimum Gasteiger partial charge on any atom is -0.383 e. The van der Waals surface area contributed by atoms with Crippen molar-refractivity contribution in [1.29, 1.82) is 0 Å². The highest BCUT2D eigenvalue weighted by molar-refractivity contribution is 7.18. The van der Waals surface area contributed by atoms with E-state index in [0.717, 1.165) is 11.3 Å². The van der Waals surface area contributed by atoms with Gasteiger partial charge in [0.1, 0.15) is 11.5 Å². The second-order valence-electron chi connectivity index (χ2n) is 4.34. The molecule has 0 aromatic carbocycles. The molecule has 3 rings (SSSR count). The average Bonchev–Trinajstić information content (AvgIpc) is 3.06. The van der Waals surface area contributed by atoms with Gasteiger partial charge >= 0.3 is 5.00 Å². The van der Waals surface area contributed by atoms with Gasteiger partial charge in [0, 0.05) is 19.3 Å². The number of aryl methyl sites for hydroxylation is 1. The van der Waals surface area contributed by atoms with Crippen LogP contribution in [0.3, 0.4) is 0 Å². The Labute approximate surface area is 123 Å². The minimum absolute atomic E-state index is 0.0706. The normalized spacial score (nSPS) is 10.7. The van der Waals surface area contributed by atoms with Gasteiger partial charge in [0.25, 0.3) is 0 Å². The van der Waals surface area contributed by atoms with E-state index in [-0.39, 0.29) is 5.00 Å². The standard InChI is InChI=1S/C13H11N5O2S/c1-17-13(14)11(8-4-2-3-7-15-8)12(16-17)9-5-6-10(21-9)18(19)20/h2-7H,14H2,1H3. The Morgan fingerprint density at radius 1 is 1.33 bits per heavy atom. The molecule has 21 heavy (non-hydrogen) atoms. The number of rotatable bonds is 3. The summed E-state index contributed by atoms with van der Waals surface area (Å²) < 4.78 is 1.55. The number of nitrogens with zero attached hydrogens (tertiary/aromatic N) is 4. The van der Waals surface area contributed by atoms with E-state index in [4.69, 9.17) is 5.73 Å². The zero-order chi connectivity index (χ0) is 15.0. The van der Waals surface area contributed by atoms with E-state index in [2.05, 4.69) is 10.1 Å². The molecule has 0 amide bonds. The smallest absolute Gasteiger partial charge is 0.324 e. The molecule has 2 N–H and O–H groups in total. The maximum atomic E-state index is 10.8. The average molecular weight is 301 g/mol. The maximum Gasteiger partial charge on any atom is 0.324 e. The molecule has 0 aliphatic carbocycles. The number of nitrogens with two attached hydrogens (primary N) is 1. The number of nitrogen functional groups attached to an aromatic ring is 1. The van der Waals surface area contributed by atoms with Gasteiger partial charge in [0.2, 0.25) is 0 Å². The fraction of sp³-hybridized carbons (Fsp3) is 0.0769. The molecule has 3 aromatic heterocycles. The molecule has 0 atom stereocenters. The van der Waals surface area contributed by atoms with Crippen LogP contribution in [0.1, 0.15) is 0 Å². The van der Waals surface area contributed by atoms with Crippen LogP contribution in [0.15, 0.2) is 36.5 Å². The van der Waals surface area contributed by atoms with Crippen LogP contribution in [0.25, 0.3) is 21.8 Å². The van der Waals surface area contributed by atoms with Crippen LogP contribution in [0, 0.1) is 10.1 Å². The van der Waals surface area contributed by atoms with Crippen molar-refractivity contribution < 1.29 is 4.92 Å². The van der Waals surface area contributed by atoms with Crippen LogP contribution < -0.4 is 5.73 Å². The van der Waals surface area contributed by atoms with Crippen LogP contribution in [0.5, 0.6) is 0 Å². The van der Waals surface area contributed by atoms with Gasteiger partial charge in [0.15, 0.2) is 0 Å². The predicted molar refractivity (Wildman–Crippen MR) is 80.8 cm³/mol. The third kappa shape index (κ3) is 2.25. The molecule has 0 unspecified atom stereocenters. The van der Waals surface area contributed by atoms with Gasteiger partial charge in [-0.2, -0.15) is 5.10 Å². The molecule has 0 spiro atoms. The van der Waals surface area contributed by atoms with Gasteiger partial charge in [-0.3, -0.25) is 19.8 Å². The number of pyridine rings is 1. The Morgan fingerprint density at radius 3 is 2.76 bits per heavy atom. The fourth-order valence-electron chi connectivity index (χ4n) is 2.03. The van der Waals surface area contributed by atoms with Crippen molar-refractivity contribution in [2.75, 3.05) is 5.73 Å². The van der Waals surface area contributed by atoms with Gasteiger partial charge in [-0.05, 0) is 18.2 Å². The van der Waals surface area contributed by atoms with Crippen LogP contribution in [-0.4, -0.2) is 19.7 Å². The molecule has 0 saturated carbocycles. The van der Waals surface area contributed by atoms with Gasteiger partial charge in [-0.1, -0.05) is 17.4 Å². The van der Waals surface area contributed by atoms with Crippen molar-refractivity contribution in [1.82, 2.24) is 14.8 Å². The summed E-state index contributed by atoms with van der Waals surface area (Å²) in [4.78, 5) is 15.4. The zero-order valence-electron chi connectivity index (χ0n) is 11.1. The number of anilines is 1. The van der Waals surface area contributed by atoms with Crippen LogP contribution in [-0.2, 0) is 7.05 Å². The van der Waals surface area contributed by atoms with E-state index in [1.807, 2.05) is 18.2 Å². The fourth-order valence-corrected chi connectivity index (χ4v) is 2.84. The molecule has 0 aliphatic heterocycles. The van der Waals surface area contributed by atoms with Crippen LogP contribution >= 0.6 is 11.3 Å². The predicted octanol–water partition coefficient (Wildman–Crippen LogP) is 2.70. The van der Waals surface area contributed by atoms with Crippen LogP contribution in [0.2, 0.25) is 0 Å². The number of nitro groups is 1. The monoisotopic (exact) mass is 301 g/mol. The summed E-state index contributed by atoms with van der Waals surface area (Å²) in [6.07, 6.45) is 1.67. The SMILES string of the molecule is Cn1nc(-c2ccc([N+](=O)[O-])s2)c(-c2ccccn2)c1N. The highest BCUT2D eigenvalue weighted by atomic mass is 32.1. The first-order chi connectivity index (χ1) is 10.1. The number of hydrogen-bond donors (Lipinski definition) is 1. The van der Waals surface area contributed by atoms with E-state index < -0.39 is 4.92 Å². The maximum absolute atomic E-state index is 10.8. The van der Waals surface area contributed by atoms with Gasteiger partial charge in [-0.15, -0.1) is 0 Å². The van der Waals surface area contributed by atoms with Crippen molar-refractivity contribution in [3.05, 3.63) is 46.6 Å². The molecule has 7 nitrogen and oxygen atoms in total. The van der Waals surface area contributed by atoms with Crippen molar-refractivity contribution in [2.45, 2.75) is 0 Å². The Morgan fingerprint density at radius 2 is 2.14 bits per heavy atom. The molecule has 3 aromatic rings. The second-order valence-corrected chi connectivity index (χ2v) is 5.40. The van der Waals surface area contributed by atoms with E-state index in [1.165, 1.54) is 6.07 Å². The van der Waals surface area contributed by atoms with Crippen molar-refractivity contribution in [3.63, 3.8) is 0 Å².